The molecular weight excluding hydrogens is 574 g/mol. The second-order valence-electron chi connectivity index (χ2n) is 10.0. The van der Waals surface area contributed by atoms with Gasteiger partial charge in [-0.1, -0.05) is 23.5 Å². The summed E-state index contributed by atoms with van der Waals surface area (Å²) < 4.78 is 30.4. The Morgan fingerprint density at radius 1 is 1.05 bits per heavy atom. The summed E-state index contributed by atoms with van der Waals surface area (Å²) in [7, 11) is -3.71. The molecule has 1 aliphatic heterocycles. The van der Waals surface area contributed by atoms with Crippen LogP contribution in [0.5, 0.6) is 5.75 Å². The van der Waals surface area contributed by atoms with Gasteiger partial charge in [-0.05, 0) is 80.3 Å². The van der Waals surface area contributed by atoms with E-state index in [-0.39, 0.29) is 16.7 Å². The summed E-state index contributed by atoms with van der Waals surface area (Å²) in [5.74, 6) is 0.846. The highest BCUT2D eigenvalue weighted by atomic mass is 32.2. The van der Waals surface area contributed by atoms with E-state index >= 15 is 0 Å². The lowest BCUT2D eigenvalue weighted by Gasteiger charge is -2.30. The largest absolute Gasteiger partial charge is 0.494 e. The Bertz CT molecular complexity index is 1580. The van der Waals surface area contributed by atoms with Crippen molar-refractivity contribution in [3.8, 4) is 10.9 Å². The van der Waals surface area contributed by atoms with Crippen LogP contribution in [0.25, 0.3) is 5.13 Å². The molecule has 5 rings (SSSR count). The van der Waals surface area contributed by atoms with Crippen LogP contribution < -0.4 is 25.4 Å². The number of sulfonamides is 1. The molecule has 0 atom stereocenters. The Labute approximate surface area is 249 Å². The highest BCUT2D eigenvalue weighted by Gasteiger charge is 2.26. The van der Waals surface area contributed by atoms with Crippen LogP contribution in [0.4, 0.5) is 10.8 Å². The quantitative estimate of drug-likeness (QED) is 0.221. The number of carbonyl (C=O) groups is 1. The molecule has 4 aromatic rings. The van der Waals surface area contributed by atoms with Gasteiger partial charge in [0.2, 0.25) is 26.2 Å². The summed E-state index contributed by atoms with van der Waals surface area (Å²) in [5.41, 5.74) is 3.01. The SMILES string of the molecule is CCOc1ccc(NCc2cccn2-c2nnc(N3CCC(C(=O)NCCc4ccc(S(N)(=O)=O)cc4)CC3)s2)cc1. The number of primary sulfonamides is 1. The van der Waals surface area contributed by atoms with Crippen LogP contribution in [0.1, 0.15) is 31.0 Å². The number of rotatable bonds is 12. The average Bonchev–Trinajstić information content (AvgIpc) is 3.67. The van der Waals surface area contributed by atoms with Crippen LogP contribution in [0, 0.1) is 5.92 Å². The van der Waals surface area contributed by atoms with Gasteiger partial charge in [0.05, 0.1) is 18.0 Å². The van der Waals surface area contributed by atoms with Crippen molar-refractivity contribution in [2.45, 2.75) is 37.6 Å². The van der Waals surface area contributed by atoms with E-state index in [0.717, 1.165) is 58.9 Å². The standard InChI is InChI=1S/C29H35N7O4S2/c1-2-40-25-9-7-23(8-10-25)32-20-24-4-3-17-36(24)29-34-33-28(41-29)35-18-14-22(15-19-35)27(37)31-16-13-21-5-11-26(12-6-21)42(30,38)39/h3-12,17,22,32H,2,13-16,18-20H2,1H3,(H,31,37)(H2,30,38,39). The van der Waals surface area contributed by atoms with Gasteiger partial charge in [-0.3, -0.25) is 9.36 Å². The Hall–Kier alpha value is -3.94. The number of ether oxygens (including phenoxy) is 1. The average molecular weight is 610 g/mol. The summed E-state index contributed by atoms with van der Waals surface area (Å²) in [6.07, 6.45) is 4.08. The summed E-state index contributed by atoms with van der Waals surface area (Å²) in [4.78, 5) is 15.0. The van der Waals surface area contributed by atoms with E-state index in [9.17, 15) is 13.2 Å². The van der Waals surface area contributed by atoms with Crippen LogP contribution in [0.3, 0.4) is 0 Å². The molecule has 0 radical (unpaired) electrons. The van der Waals surface area contributed by atoms with E-state index in [1.807, 2.05) is 48.0 Å². The molecule has 0 aliphatic carbocycles. The van der Waals surface area contributed by atoms with E-state index in [2.05, 4.69) is 31.8 Å². The fourth-order valence-electron chi connectivity index (χ4n) is 4.86. The maximum atomic E-state index is 12.8. The zero-order valence-corrected chi connectivity index (χ0v) is 25.0. The van der Waals surface area contributed by atoms with E-state index < -0.39 is 10.0 Å². The van der Waals surface area contributed by atoms with Gasteiger partial charge in [-0.2, -0.15) is 0 Å². The van der Waals surface area contributed by atoms with Gasteiger partial charge < -0.3 is 20.3 Å². The van der Waals surface area contributed by atoms with Gasteiger partial charge in [0.1, 0.15) is 5.75 Å². The molecule has 0 bridgehead atoms. The summed E-state index contributed by atoms with van der Waals surface area (Å²) in [6, 6.07) is 18.4. The first-order valence-electron chi connectivity index (χ1n) is 13.9. The van der Waals surface area contributed by atoms with Crippen molar-refractivity contribution >= 4 is 38.1 Å². The summed E-state index contributed by atoms with van der Waals surface area (Å²) in [5, 5.41) is 22.2. The van der Waals surface area contributed by atoms with E-state index in [4.69, 9.17) is 9.88 Å². The zero-order chi connectivity index (χ0) is 29.5. The number of hydrogen-bond donors (Lipinski definition) is 3. The Morgan fingerprint density at radius 3 is 2.45 bits per heavy atom. The molecule has 3 heterocycles. The first kappa shape index (κ1) is 29.5. The van der Waals surface area contributed by atoms with Gasteiger partial charge in [0, 0.05) is 43.1 Å². The molecule has 2 aromatic carbocycles. The molecule has 42 heavy (non-hydrogen) atoms. The third-order valence-electron chi connectivity index (χ3n) is 7.18. The lowest BCUT2D eigenvalue weighted by atomic mass is 9.96. The highest BCUT2D eigenvalue weighted by Crippen LogP contribution is 2.29. The number of anilines is 2. The molecule has 1 amide bonds. The first-order chi connectivity index (χ1) is 20.3. The highest BCUT2D eigenvalue weighted by molar-refractivity contribution is 7.89. The van der Waals surface area contributed by atoms with Gasteiger partial charge in [-0.15, -0.1) is 10.2 Å². The van der Waals surface area contributed by atoms with Crippen molar-refractivity contribution in [2.24, 2.45) is 11.1 Å². The second-order valence-corrected chi connectivity index (χ2v) is 12.5. The van der Waals surface area contributed by atoms with Crippen molar-refractivity contribution in [3.05, 3.63) is 78.1 Å². The maximum Gasteiger partial charge on any atom is 0.238 e. The molecule has 0 spiro atoms. The second kappa shape index (κ2) is 13.4. The molecule has 11 nitrogen and oxygen atoms in total. The molecule has 1 aliphatic rings. The van der Waals surface area contributed by atoms with E-state index in [1.165, 1.54) is 12.1 Å². The molecular formula is C29H35N7O4S2. The molecule has 13 heteroatoms. The summed E-state index contributed by atoms with van der Waals surface area (Å²) in [6.45, 7) is 5.20. The molecule has 222 valence electrons. The molecule has 0 unspecified atom stereocenters. The number of nitrogens with one attached hydrogen (secondary N) is 2. The van der Waals surface area contributed by atoms with Crippen LogP contribution in [-0.4, -0.2) is 55.3 Å². The number of hydrogen-bond acceptors (Lipinski definition) is 9. The van der Waals surface area contributed by atoms with Crippen LogP contribution in [0.2, 0.25) is 0 Å². The fourth-order valence-corrected chi connectivity index (χ4v) is 6.29. The third-order valence-corrected chi connectivity index (χ3v) is 9.10. The Morgan fingerprint density at radius 2 is 1.76 bits per heavy atom. The normalized spacial score (nSPS) is 14.1. The Kier molecular flexibility index (Phi) is 9.40. The van der Waals surface area contributed by atoms with Crippen molar-refractivity contribution < 1.29 is 17.9 Å². The van der Waals surface area contributed by atoms with Gasteiger partial charge >= 0.3 is 0 Å². The van der Waals surface area contributed by atoms with Gasteiger partial charge in [-0.25, -0.2) is 13.6 Å². The topological polar surface area (TPSA) is 144 Å². The van der Waals surface area contributed by atoms with Crippen molar-refractivity contribution in [2.75, 3.05) is 36.5 Å². The fraction of sp³-hybridized carbons (Fsp3) is 0.345. The van der Waals surface area contributed by atoms with Gasteiger partial charge in [0.15, 0.2) is 0 Å². The van der Waals surface area contributed by atoms with Crippen molar-refractivity contribution in [3.63, 3.8) is 0 Å². The predicted molar refractivity (Wildman–Crippen MR) is 164 cm³/mol. The number of piperidine rings is 1. The number of amides is 1. The number of benzene rings is 2. The van der Waals surface area contributed by atoms with Gasteiger partial charge in [0.25, 0.3) is 0 Å². The van der Waals surface area contributed by atoms with Crippen LogP contribution in [0.15, 0.2) is 71.8 Å². The minimum atomic E-state index is -3.71. The number of aromatic nitrogens is 3. The van der Waals surface area contributed by atoms with Crippen LogP contribution in [-0.2, 0) is 27.8 Å². The minimum Gasteiger partial charge on any atom is -0.494 e. The van der Waals surface area contributed by atoms with E-state index in [0.29, 0.717) is 26.1 Å². The lowest BCUT2D eigenvalue weighted by molar-refractivity contribution is -0.125. The minimum absolute atomic E-state index is 0.0470. The van der Waals surface area contributed by atoms with Crippen molar-refractivity contribution in [1.29, 1.82) is 0 Å². The maximum absolute atomic E-state index is 12.8. The van der Waals surface area contributed by atoms with Crippen molar-refractivity contribution in [1.82, 2.24) is 20.1 Å². The predicted octanol–water partition coefficient (Wildman–Crippen LogP) is 3.56. The van der Waals surface area contributed by atoms with Crippen LogP contribution >= 0.6 is 11.3 Å². The number of carbonyl (C=O) groups excluding carboxylic acids is 1. The Balaban J connectivity index is 1.08. The molecule has 4 N–H and O–H groups in total. The molecule has 1 saturated heterocycles. The third kappa shape index (κ3) is 7.46. The monoisotopic (exact) mass is 609 g/mol. The smallest absolute Gasteiger partial charge is 0.238 e. The lowest BCUT2D eigenvalue weighted by Crippen LogP contribution is -2.41. The molecule has 0 saturated carbocycles. The number of nitrogens with zero attached hydrogens (tertiary/aromatic N) is 4. The zero-order valence-electron chi connectivity index (χ0n) is 23.4. The summed E-state index contributed by atoms with van der Waals surface area (Å²) >= 11 is 1.54. The molecule has 2 aromatic heterocycles. The first-order valence-corrected chi connectivity index (χ1v) is 16.3. The van der Waals surface area contributed by atoms with E-state index in [1.54, 1.807) is 23.5 Å². The number of nitrogens with two attached hydrogens (primary N) is 1. The molecule has 1 fully saturated rings.